The molecular weight excluding hydrogens is 322 g/mol. The summed E-state index contributed by atoms with van der Waals surface area (Å²) in [6.07, 6.45) is 11.7. The zero-order valence-corrected chi connectivity index (χ0v) is 16.3. The molecule has 1 N–H and O–H groups in total. The SMILES string of the molecule is Cc1ccc(CCCC2CCC(=O)N2CCC(O)C2CCCCC2)cc1. The number of aliphatic hydroxyl groups excluding tert-OH is 1. The molecule has 0 aromatic heterocycles. The van der Waals surface area contributed by atoms with Gasteiger partial charge in [-0.25, -0.2) is 0 Å². The first-order chi connectivity index (χ1) is 12.6. The number of rotatable bonds is 8. The van der Waals surface area contributed by atoms with E-state index in [1.807, 2.05) is 0 Å². The monoisotopic (exact) mass is 357 g/mol. The number of likely N-dealkylation sites (tertiary alicyclic amines) is 1. The Hall–Kier alpha value is -1.35. The van der Waals surface area contributed by atoms with Gasteiger partial charge in [0.25, 0.3) is 0 Å². The summed E-state index contributed by atoms with van der Waals surface area (Å²) in [5.74, 6) is 0.752. The van der Waals surface area contributed by atoms with Gasteiger partial charge >= 0.3 is 0 Å². The molecule has 1 heterocycles. The highest BCUT2D eigenvalue weighted by Gasteiger charge is 2.31. The number of carbonyl (C=O) groups excluding carboxylic acids is 1. The van der Waals surface area contributed by atoms with Crippen LogP contribution >= 0.6 is 0 Å². The van der Waals surface area contributed by atoms with E-state index >= 15 is 0 Å². The Balaban J connectivity index is 1.43. The lowest BCUT2D eigenvalue weighted by Crippen LogP contribution is -2.36. The van der Waals surface area contributed by atoms with Crippen LogP contribution in [0.5, 0.6) is 0 Å². The second kappa shape index (κ2) is 9.55. The molecule has 2 aliphatic rings. The van der Waals surface area contributed by atoms with Gasteiger partial charge in [0.1, 0.15) is 0 Å². The predicted octanol–water partition coefficient (Wildman–Crippen LogP) is 4.64. The maximum absolute atomic E-state index is 12.3. The second-order valence-corrected chi connectivity index (χ2v) is 8.41. The minimum absolute atomic E-state index is 0.225. The third-order valence-corrected chi connectivity index (χ3v) is 6.44. The van der Waals surface area contributed by atoms with Gasteiger partial charge in [0.2, 0.25) is 5.91 Å². The number of aliphatic hydroxyl groups is 1. The van der Waals surface area contributed by atoms with Gasteiger partial charge in [-0.3, -0.25) is 4.79 Å². The molecule has 2 atom stereocenters. The summed E-state index contributed by atoms with van der Waals surface area (Å²) in [7, 11) is 0. The van der Waals surface area contributed by atoms with Crippen molar-refractivity contribution in [2.24, 2.45) is 5.92 Å². The largest absolute Gasteiger partial charge is 0.393 e. The summed E-state index contributed by atoms with van der Waals surface area (Å²) in [5.41, 5.74) is 2.69. The molecular formula is C23H35NO2. The van der Waals surface area contributed by atoms with Crippen LogP contribution in [0.15, 0.2) is 24.3 Å². The van der Waals surface area contributed by atoms with Gasteiger partial charge in [-0.15, -0.1) is 0 Å². The normalized spacial score (nSPS) is 22.8. The lowest BCUT2D eigenvalue weighted by Gasteiger charge is -2.30. The lowest BCUT2D eigenvalue weighted by molar-refractivity contribution is -0.129. The number of amides is 1. The first-order valence-electron chi connectivity index (χ1n) is 10.7. The van der Waals surface area contributed by atoms with Crippen molar-refractivity contribution < 1.29 is 9.90 Å². The standard InChI is InChI=1S/C23H35NO2/c1-18-10-12-19(13-11-18)6-5-9-21-14-15-23(26)24(21)17-16-22(25)20-7-3-2-4-8-20/h10-13,20-22,25H,2-9,14-17H2,1H3. The molecule has 1 saturated heterocycles. The van der Waals surface area contributed by atoms with Crippen LogP contribution in [0.2, 0.25) is 0 Å². The zero-order chi connectivity index (χ0) is 18.4. The molecule has 1 aromatic carbocycles. The van der Waals surface area contributed by atoms with Crippen molar-refractivity contribution in [3.63, 3.8) is 0 Å². The maximum Gasteiger partial charge on any atom is 0.222 e. The molecule has 3 rings (SSSR count). The summed E-state index contributed by atoms with van der Waals surface area (Å²) in [4.78, 5) is 14.4. The molecule has 1 aromatic rings. The number of carbonyl (C=O) groups is 1. The van der Waals surface area contributed by atoms with E-state index in [0.717, 1.165) is 51.5 Å². The van der Waals surface area contributed by atoms with E-state index in [1.54, 1.807) is 0 Å². The minimum atomic E-state index is -0.225. The van der Waals surface area contributed by atoms with E-state index in [2.05, 4.69) is 36.1 Å². The van der Waals surface area contributed by atoms with Crippen molar-refractivity contribution in [1.29, 1.82) is 0 Å². The zero-order valence-electron chi connectivity index (χ0n) is 16.3. The van der Waals surface area contributed by atoms with Gasteiger partial charge in [0.15, 0.2) is 0 Å². The number of aryl methyl sites for hydroxylation is 2. The van der Waals surface area contributed by atoms with Crippen molar-refractivity contribution in [3.8, 4) is 0 Å². The number of nitrogens with zero attached hydrogens (tertiary/aromatic N) is 1. The van der Waals surface area contributed by atoms with E-state index in [9.17, 15) is 9.90 Å². The predicted molar refractivity (Wildman–Crippen MR) is 106 cm³/mol. The molecule has 0 spiro atoms. The molecule has 144 valence electrons. The molecule has 1 aliphatic heterocycles. The Kier molecular flexibility index (Phi) is 7.13. The topological polar surface area (TPSA) is 40.5 Å². The molecule has 26 heavy (non-hydrogen) atoms. The van der Waals surface area contributed by atoms with Gasteiger partial charge in [0, 0.05) is 19.0 Å². The van der Waals surface area contributed by atoms with Crippen LogP contribution in [-0.2, 0) is 11.2 Å². The smallest absolute Gasteiger partial charge is 0.222 e. The van der Waals surface area contributed by atoms with Gasteiger partial charge in [-0.05, 0) is 63.4 Å². The van der Waals surface area contributed by atoms with Crippen LogP contribution < -0.4 is 0 Å². The Morgan fingerprint density at radius 3 is 2.58 bits per heavy atom. The van der Waals surface area contributed by atoms with E-state index in [4.69, 9.17) is 0 Å². The van der Waals surface area contributed by atoms with Crippen molar-refractivity contribution in [2.45, 2.75) is 89.7 Å². The molecule has 0 radical (unpaired) electrons. The van der Waals surface area contributed by atoms with E-state index in [-0.39, 0.29) is 6.10 Å². The van der Waals surface area contributed by atoms with Gasteiger partial charge < -0.3 is 10.0 Å². The molecule has 1 saturated carbocycles. The average molecular weight is 358 g/mol. The molecule has 1 aliphatic carbocycles. The molecule has 2 unspecified atom stereocenters. The molecule has 1 amide bonds. The average Bonchev–Trinajstić information content (AvgIpc) is 3.02. The fraction of sp³-hybridized carbons (Fsp3) is 0.696. The summed E-state index contributed by atoms with van der Waals surface area (Å²) >= 11 is 0. The lowest BCUT2D eigenvalue weighted by atomic mass is 9.84. The van der Waals surface area contributed by atoms with Crippen LogP contribution in [0.4, 0.5) is 0 Å². The van der Waals surface area contributed by atoms with Crippen LogP contribution in [0.3, 0.4) is 0 Å². The third-order valence-electron chi connectivity index (χ3n) is 6.44. The Morgan fingerprint density at radius 2 is 1.85 bits per heavy atom. The second-order valence-electron chi connectivity index (χ2n) is 8.41. The quantitative estimate of drug-likeness (QED) is 0.736. The Bertz CT molecular complexity index is 562. The molecule has 3 heteroatoms. The fourth-order valence-electron chi connectivity index (χ4n) is 4.72. The van der Waals surface area contributed by atoms with Gasteiger partial charge in [0.05, 0.1) is 6.10 Å². The highest BCUT2D eigenvalue weighted by molar-refractivity contribution is 5.78. The van der Waals surface area contributed by atoms with Crippen LogP contribution in [-0.4, -0.2) is 34.6 Å². The maximum atomic E-state index is 12.3. The van der Waals surface area contributed by atoms with Crippen molar-refractivity contribution in [1.82, 2.24) is 4.90 Å². The van der Waals surface area contributed by atoms with Crippen LogP contribution in [0, 0.1) is 12.8 Å². The fourth-order valence-corrected chi connectivity index (χ4v) is 4.72. The van der Waals surface area contributed by atoms with Crippen molar-refractivity contribution >= 4 is 5.91 Å². The minimum Gasteiger partial charge on any atom is -0.393 e. The number of benzene rings is 1. The summed E-state index contributed by atoms with van der Waals surface area (Å²) in [6.45, 7) is 2.86. The number of hydrogen-bond acceptors (Lipinski definition) is 2. The highest BCUT2D eigenvalue weighted by atomic mass is 16.3. The summed E-state index contributed by atoms with van der Waals surface area (Å²) < 4.78 is 0. The van der Waals surface area contributed by atoms with Crippen molar-refractivity contribution in [3.05, 3.63) is 35.4 Å². The first kappa shape index (κ1) is 19.4. The molecule has 2 fully saturated rings. The Labute approximate surface area is 158 Å². The van der Waals surface area contributed by atoms with Gasteiger partial charge in [-0.1, -0.05) is 49.1 Å². The number of hydrogen-bond donors (Lipinski definition) is 1. The molecule has 0 bridgehead atoms. The van der Waals surface area contributed by atoms with Gasteiger partial charge in [-0.2, -0.15) is 0 Å². The summed E-state index contributed by atoms with van der Waals surface area (Å²) in [5, 5.41) is 10.5. The van der Waals surface area contributed by atoms with E-state index < -0.39 is 0 Å². The molecule has 3 nitrogen and oxygen atoms in total. The van der Waals surface area contributed by atoms with Crippen molar-refractivity contribution in [2.75, 3.05) is 6.54 Å². The Morgan fingerprint density at radius 1 is 1.12 bits per heavy atom. The summed E-state index contributed by atoms with van der Waals surface area (Å²) in [6, 6.07) is 9.16. The van der Waals surface area contributed by atoms with E-state index in [0.29, 0.717) is 24.3 Å². The first-order valence-corrected chi connectivity index (χ1v) is 10.7. The van der Waals surface area contributed by atoms with Crippen LogP contribution in [0.25, 0.3) is 0 Å². The van der Waals surface area contributed by atoms with Crippen LogP contribution in [0.1, 0.15) is 75.3 Å². The van der Waals surface area contributed by atoms with E-state index in [1.165, 1.54) is 30.4 Å². The highest BCUT2D eigenvalue weighted by Crippen LogP contribution is 2.29. The third kappa shape index (κ3) is 5.33.